The minimum atomic E-state index is -0.0356. The molecule has 1 atom stereocenters. The molecular weight excluding hydrogens is 282 g/mol. The summed E-state index contributed by atoms with van der Waals surface area (Å²) in [6.07, 6.45) is 0.444. The van der Waals surface area contributed by atoms with E-state index >= 15 is 0 Å². The second kappa shape index (κ2) is 5.74. The Morgan fingerprint density at radius 2 is 1.76 bits per heavy atom. The molecule has 4 heteroatoms. The zero-order chi connectivity index (χ0) is 14.8. The van der Waals surface area contributed by atoms with Crippen molar-refractivity contribution in [2.45, 2.75) is 11.7 Å². The zero-order valence-corrected chi connectivity index (χ0v) is 12.3. The number of rotatable bonds is 3. The van der Waals surface area contributed by atoms with Gasteiger partial charge >= 0.3 is 0 Å². The van der Waals surface area contributed by atoms with Gasteiger partial charge in [-0.1, -0.05) is 42.5 Å². The lowest BCUT2D eigenvalue weighted by Gasteiger charge is -2.16. The molecule has 1 unspecified atom stereocenters. The molecule has 106 valence electrons. The summed E-state index contributed by atoms with van der Waals surface area (Å²) in [4.78, 5) is 26.1. The Labute approximate surface area is 129 Å². The number of benzene rings is 2. The molecule has 0 spiro atoms. The third kappa shape index (κ3) is 2.85. The van der Waals surface area contributed by atoms with Crippen molar-refractivity contribution >= 4 is 30.0 Å². The van der Waals surface area contributed by atoms with Crippen LogP contribution in [0.4, 0.5) is 5.69 Å². The Morgan fingerprint density at radius 3 is 2.43 bits per heavy atom. The maximum atomic E-state index is 12.4. The fourth-order valence-electron chi connectivity index (χ4n) is 2.51. The summed E-state index contributed by atoms with van der Waals surface area (Å²) in [5, 5.41) is 0.0611. The normalized spacial score (nSPS) is 18.0. The summed E-state index contributed by atoms with van der Waals surface area (Å²) in [6, 6.07) is 16.4. The van der Waals surface area contributed by atoms with Gasteiger partial charge in [0.1, 0.15) is 0 Å². The van der Waals surface area contributed by atoms with Crippen molar-refractivity contribution in [1.82, 2.24) is 0 Å². The third-order valence-corrected chi connectivity index (χ3v) is 3.91. The SMILES string of the molecule is O=C(c1ccccc1)c1cccc(N2CC(S)CC2=O)c1. The van der Waals surface area contributed by atoms with Gasteiger partial charge in [-0.05, 0) is 12.1 Å². The number of hydrogen-bond acceptors (Lipinski definition) is 3. The summed E-state index contributed by atoms with van der Waals surface area (Å²) in [5.41, 5.74) is 2.00. The van der Waals surface area contributed by atoms with Gasteiger partial charge in [0.2, 0.25) is 5.91 Å². The van der Waals surface area contributed by atoms with Crippen LogP contribution in [0.5, 0.6) is 0 Å². The molecule has 1 fully saturated rings. The first-order valence-electron chi connectivity index (χ1n) is 6.83. The summed E-state index contributed by atoms with van der Waals surface area (Å²) in [7, 11) is 0. The van der Waals surface area contributed by atoms with E-state index in [2.05, 4.69) is 12.6 Å². The van der Waals surface area contributed by atoms with Crippen LogP contribution in [0, 0.1) is 0 Å². The van der Waals surface area contributed by atoms with E-state index in [9.17, 15) is 9.59 Å². The quantitative estimate of drug-likeness (QED) is 0.698. The number of ketones is 1. The molecule has 1 heterocycles. The van der Waals surface area contributed by atoms with Gasteiger partial charge < -0.3 is 4.90 Å². The van der Waals surface area contributed by atoms with Crippen LogP contribution >= 0.6 is 12.6 Å². The lowest BCUT2D eigenvalue weighted by atomic mass is 10.0. The molecule has 2 aromatic carbocycles. The van der Waals surface area contributed by atoms with E-state index < -0.39 is 0 Å². The average molecular weight is 297 g/mol. The third-order valence-electron chi connectivity index (χ3n) is 3.56. The number of hydrogen-bond donors (Lipinski definition) is 1. The number of nitrogens with zero attached hydrogens (tertiary/aromatic N) is 1. The number of carbonyl (C=O) groups is 2. The van der Waals surface area contributed by atoms with Gasteiger partial charge in [0.15, 0.2) is 5.78 Å². The standard InChI is InChI=1S/C17H15NO2S/c19-16-10-15(21)11-18(16)14-8-4-7-13(9-14)17(20)12-5-2-1-3-6-12/h1-9,15,21H,10-11H2. The summed E-state index contributed by atoms with van der Waals surface area (Å²) < 4.78 is 0. The molecule has 1 amide bonds. The van der Waals surface area contributed by atoms with Crippen molar-refractivity contribution in [1.29, 1.82) is 0 Å². The van der Waals surface area contributed by atoms with Gasteiger partial charge in [-0.3, -0.25) is 9.59 Å². The highest BCUT2D eigenvalue weighted by Crippen LogP contribution is 2.25. The van der Waals surface area contributed by atoms with Crippen LogP contribution in [0.25, 0.3) is 0 Å². The van der Waals surface area contributed by atoms with Crippen LogP contribution in [0.15, 0.2) is 54.6 Å². The van der Waals surface area contributed by atoms with Crippen molar-refractivity contribution in [3.63, 3.8) is 0 Å². The van der Waals surface area contributed by atoms with Crippen LogP contribution in [0.1, 0.15) is 22.3 Å². The predicted molar refractivity (Wildman–Crippen MR) is 86.1 cm³/mol. The molecule has 1 aliphatic heterocycles. The molecule has 21 heavy (non-hydrogen) atoms. The molecule has 0 radical (unpaired) electrons. The van der Waals surface area contributed by atoms with E-state index in [-0.39, 0.29) is 16.9 Å². The number of anilines is 1. The lowest BCUT2D eigenvalue weighted by molar-refractivity contribution is -0.117. The maximum absolute atomic E-state index is 12.4. The summed E-state index contributed by atoms with van der Waals surface area (Å²) in [6.45, 7) is 0.588. The topological polar surface area (TPSA) is 37.4 Å². The Bertz CT molecular complexity index is 684. The summed E-state index contributed by atoms with van der Waals surface area (Å²) >= 11 is 4.36. The number of amides is 1. The van der Waals surface area contributed by atoms with E-state index in [4.69, 9.17) is 0 Å². The van der Waals surface area contributed by atoms with Crippen molar-refractivity contribution in [2.75, 3.05) is 11.4 Å². The zero-order valence-electron chi connectivity index (χ0n) is 11.4. The van der Waals surface area contributed by atoms with Crippen LogP contribution in [0.2, 0.25) is 0 Å². The van der Waals surface area contributed by atoms with Crippen molar-refractivity contribution in [3.8, 4) is 0 Å². The molecular formula is C17H15NO2S. The maximum Gasteiger partial charge on any atom is 0.228 e. The first kappa shape index (κ1) is 13.9. The Hall–Kier alpha value is -2.07. The molecule has 0 aliphatic carbocycles. The van der Waals surface area contributed by atoms with Crippen LogP contribution in [-0.2, 0) is 4.79 Å². The first-order valence-corrected chi connectivity index (χ1v) is 7.35. The molecule has 3 rings (SSSR count). The van der Waals surface area contributed by atoms with Crippen LogP contribution < -0.4 is 4.90 Å². The van der Waals surface area contributed by atoms with E-state index in [0.717, 1.165) is 5.69 Å². The van der Waals surface area contributed by atoms with Crippen LogP contribution in [0.3, 0.4) is 0 Å². The van der Waals surface area contributed by atoms with Crippen molar-refractivity contribution < 1.29 is 9.59 Å². The summed E-state index contributed by atoms with van der Waals surface area (Å²) in [5.74, 6) is 0.0193. The monoisotopic (exact) mass is 297 g/mol. The fourth-order valence-corrected chi connectivity index (χ4v) is 2.83. The molecule has 0 aromatic heterocycles. The molecule has 0 N–H and O–H groups in total. The highest BCUT2D eigenvalue weighted by atomic mass is 32.1. The van der Waals surface area contributed by atoms with E-state index in [1.54, 1.807) is 29.2 Å². The largest absolute Gasteiger partial charge is 0.311 e. The molecule has 2 aromatic rings. The van der Waals surface area contributed by atoms with Crippen molar-refractivity contribution in [3.05, 3.63) is 65.7 Å². The average Bonchev–Trinajstić information content (AvgIpc) is 2.86. The predicted octanol–water partition coefficient (Wildman–Crippen LogP) is 2.95. The second-order valence-corrected chi connectivity index (χ2v) is 5.84. The molecule has 1 aliphatic rings. The second-order valence-electron chi connectivity index (χ2n) is 5.11. The lowest BCUT2D eigenvalue weighted by Crippen LogP contribution is -2.24. The van der Waals surface area contributed by atoms with Crippen LogP contribution in [-0.4, -0.2) is 23.5 Å². The minimum absolute atomic E-state index is 0.0356. The van der Waals surface area contributed by atoms with Gasteiger partial charge in [0, 0.05) is 35.0 Å². The molecule has 0 bridgehead atoms. The molecule has 0 saturated carbocycles. The van der Waals surface area contributed by atoms with Crippen molar-refractivity contribution in [2.24, 2.45) is 0 Å². The fraction of sp³-hybridized carbons (Fsp3) is 0.176. The van der Waals surface area contributed by atoms with Gasteiger partial charge in [0.05, 0.1) is 0 Å². The van der Waals surface area contributed by atoms with E-state index in [1.807, 2.05) is 30.3 Å². The van der Waals surface area contributed by atoms with E-state index in [0.29, 0.717) is 24.1 Å². The molecule has 3 nitrogen and oxygen atoms in total. The minimum Gasteiger partial charge on any atom is -0.311 e. The van der Waals surface area contributed by atoms with E-state index in [1.165, 1.54) is 0 Å². The highest BCUT2D eigenvalue weighted by molar-refractivity contribution is 7.81. The number of carbonyl (C=O) groups excluding carboxylic acids is 2. The first-order chi connectivity index (χ1) is 10.1. The Balaban J connectivity index is 1.90. The van der Waals surface area contributed by atoms with Gasteiger partial charge in [-0.25, -0.2) is 0 Å². The Kier molecular flexibility index (Phi) is 3.80. The van der Waals surface area contributed by atoms with Gasteiger partial charge in [-0.15, -0.1) is 0 Å². The Morgan fingerprint density at radius 1 is 1.05 bits per heavy atom. The molecule has 1 saturated heterocycles. The van der Waals surface area contributed by atoms with Gasteiger partial charge in [-0.2, -0.15) is 12.6 Å². The highest BCUT2D eigenvalue weighted by Gasteiger charge is 2.28. The van der Waals surface area contributed by atoms with Gasteiger partial charge in [0.25, 0.3) is 0 Å². The smallest absolute Gasteiger partial charge is 0.228 e. The number of thiol groups is 1.